The highest BCUT2D eigenvalue weighted by Gasteiger charge is 2.40. The Hall–Kier alpha value is -2.63. The van der Waals surface area contributed by atoms with Gasteiger partial charge in [-0.1, -0.05) is 31.4 Å². The summed E-state index contributed by atoms with van der Waals surface area (Å²) in [4.78, 5) is 37.0. The Morgan fingerprint density at radius 3 is 2.36 bits per heavy atom. The first-order valence-electron chi connectivity index (χ1n) is 10.2. The lowest BCUT2D eigenvalue weighted by molar-refractivity contribution is -0.133. The second kappa shape index (κ2) is 9.04. The van der Waals surface area contributed by atoms with E-state index in [1.807, 2.05) is 19.1 Å². The SMILES string of the molecule is CCNC(=O)C1(NC(=O)C=Cc2ccc(C(=O)NC3CC3)cc2)CCCCC1. The number of hydrogen-bond acceptors (Lipinski definition) is 3. The highest BCUT2D eigenvalue weighted by molar-refractivity contribution is 5.98. The number of rotatable bonds is 7. The number of benzene rings is 1. The molecule has 2 saturated carbocycles. The normalized spacial score (nSPS) is 18.5. The molecule has 0 unspecified atom stereocenters. The van der Waals surface area contributed by atoms with Gasteiger partial charge >= 0.3 is 0 Å². The third-order valence-electron chi connectivity index (χ3n) is 5.35. The molecule has 150 valence electrons. The van der Waals surface area contributed by atoms with Gasteiger partial charge in [0.25, 0.3) is 5.91 Å². The molecule has 1 aromatic carbocycles. The molecule has 0 saturated heterocycles. The molecule has 0 spiro atoms. The summed E-state index contributed by atoms with van der Waals surface area (Å²) in [5.41, 5.74) is 0.639. The quantitative estimate of drug-likeness (QED) is 0.633. The van der Waals surface area contributed by atoms with Gasteiger partial charge < -0.3 is 16.0 Å². The van der Waals surface area contributed by atoms with Crippen molar-refractivity contribution >= 4 is 23.8 Å². The minimum absolute atomic E-state index is 0.0584. The average Bonchev–Trinajstić information content (AvgIpc) is 3.51. The van der Waals surface area contributed by atoms with E-state index in [1.165, 1.54) is 6.08 Å². The summed E-state index contributed by atoms with van der Waals surface area (Å²) in [5.74, 6) is -0.428. The van der Waals surface area contributed by atoms with E-state index < -0.39 is 5.54 Å². The molecule has 2 fully saturated rings. The van der Waals surface area contributed by atoms with Gasteiger partial charge in [0.1, 0.15) is 5.54 Å². The monoisotopic (exact) mass is 383 g/mol. The standard InChI is InChI=1S/C22H29N3O3/c1-2-23-21(28)22(14-4-3-5-15-22)25-19(26)13-8-16-6-9-17(10-7-16)20(27)24-18-11-12-18/h6-10,13,18H,2-5,11-12,14-15H2,1H3,(H,23,28)(H,24,27)(H,25,26). The van der Waals surface area contributed by atoms with Crippen LogP contribution in [-0.4, -0.2) is 35.8 Å². The van der Waals surface area contributed by atoms with Crippen molar-refractivity contribution in [2.45, 2.75) is 63.5 Å². The van der Waals surface area contributed by atoms with E-state index in [9.17, 15) is 14.4 Å². The number of amides is 3. The largest absolute Gasteiger partial charge is 0.354 e. The number of hydrogen-bond donors (Lipinski definition) is 3. The van der Waals surface area contributed by atoms with Crippen LogP contribution in [0, 0.1) is 0 Å². The van der Waals surface area contributed by atoms with Gasteiger partial charge in [-0.15, -0.1) is 0 Å². The van der Waals surface area contributed by atoms with Crippen LogP contribution in [0.5, 0.6) is 0 Å². The molecule has 6 heteroatoms. The van der Waals surface area contributed by atoms with Gasteiger partial charge in [-0.25, -0.2) is 0 Å². The maximum absolute atomic E-state index is 12.5. The third-order valence-corrected chi connectivity index (χ3v) is 5.35. The van der Waals surface area contributed by atoms with E-state index in [4.69, 9.17) is 0 Å². The van der Waals surface area contributed by atoms with Crippen molar-refractivity contribution in [3.8, 4) is 0 Å². The summed E-state index contributed by atoms with van der Waals surface area (Å²) in [6, 6.07) is 7.46. The van der Waals surface area contributed by atoms with E-state index >= 15 is 0 Å². The van der Waals surface area contributed by atoms with Crippen LogP contribution >= 0.6 is 0 Å². The van der Waals surface area contributed by atoms with Crippen LogP contribution in [0.2, 0.25) is 0 Å². The summed E-state index contributed by atoms with van der Waals surface area (Å²) in [6.07, 6.45) is 9.57. The molecule has 0 heterocycles. The number of likely N-dealkylation sites (N-methyl/N-ethyl adjacent to an activating group) is 1. The lowest BCUT2D eigenvalue weighted by atomic mass is 9.80. The summed E-state index contributed by atoms with van der Waals surface area (Å²) < 4.78 is 0. The van der Waals surface area contributed by atoms with Crippen LogP contribution in [0.1, 0.15) is 67.8 Å². The first-order chi connectivity index (χ1) is 13.5. The molecule has 3 rings (SSSR count). The molecule has 1 aromatic rings. The van der Waals surface area contributed by atoms with Crippen LogP contribution in [0.4, 0.5) is 0 Å². The Bertz CT molecular complexity index is 745. The number of nitrogens with one attached hydrogen (secondary N) is 3. The van der Waals surface area contributed by atoms with Crippen LogP contribution in [0.25, 0.3) is 6.08 Å². The van der Waals surface area contributed by atoms with E-state index in [-0.39, 0.29) is 17.7 Å². The van der Waals surface area contributed by atoms with Gasteiger partial charge in [0.05, 0.1) is 0 Å². The van der Waals surface area contributed by atoms with Gasteiger partial charge in [-0.05, 0) is 56.4 Å². The second-order valence-corrected chi connectivity index (χ2v) is 7.69. The predicted molar refractivity (Wildman–Crippen MR) is 109 cm³/mol. The average molecular weight is 383 g/mol. The molecule has 0 radical (unpaired) electrons. The molecule has 6 nitrogen and oxygen atoms in total. The van der Waals surface area contributed by atoms with Crippen molar-refractivity contribution in [2.75, 3.05) is 6.54 Å². The number of carbonyl (C=O) groups is 3. The van der Waals surface area contributed by atoms with E-state index in [1.54, 1.807) is 18.2 Å². The van der Waals surface area contributed by atoms with Crippen molar-refractivity contribution in [1.29, 1.82) is 0 Å². The fourth-order valence-electron chi connectivity index (χ4n) is 3.59. The fraction of sp³-hybridized carbons (Fsp3) is 0.500. The minimum atomic E-state index is -0.805. The molecule has 0 bridgehead atoms. The Balaban J connectivity index is 1.60. The summed E-state index contributed by atoms with van der Waals surface area (Å²) in [5, 5.41) is 8.75. The fourth-order valence-corrected chi connectivity index (χ4v) is 3.59. The zero-order chi connectivity index (χ0) is 20.0. The molecule has 2 aliphatic carbocycles. The van der Waals surface area contributed by atoms with Gasteiger partial charge in [0.15, 0.2) is 0 Å². The van der Waals surface area contributed by atoms with Gasteiger partial charge in [-0.2, -0.15) is 0 Å². The number of carbonyl (C=O) groups excluding carboxylic acids is 3. The molecule has 0 atom stereocenters. The molecule has 3 N–H and O–H groups in total. The third kappa shape index (κ3) is 5.21. The van der Waals surface area contributed by atoms with Gasteiger partial charge in [0, 0.05) is 24.2 Å². The van der Waals surface area contributed by atoms with Crippen LogP contribution in [-0.2, 0) is 9.59 Å². The van der Waals surface area contributed by atoms with E-state index in [2.05, 4.69) is 16.0 Å². The van der Waals surface area contributed by atoms with Crippen molar-refractivity contribution < 1.29 is 14.4 Å². The minimum Gasteiger partial charge on any atom is -0.354 e. The predicted octanol–water partition coefficient (Wildman–Crippen LogP) is 2.55. The Morgan fingerprint density at radius 2 is 1.75 bits per heavy atom. The molecular formula is C22H29N3O3. The zero-order valence-electron chi connectivity index (χ0n) is 16.4. The second-order valence-electron chi connectivity index (χ2n) is 7.69. The molecule has 2 aliphatic rings. The topological polar surface area (TPSA) is 87.3 Å². The Morgan fingerprint density at radius 1 is 1.07 bits per heavy atom. The van der Waals surface area contributed by atoms with Crippen LogP contribution in [0.3, 0.4) is 0 Å². The maximum atomic E-state index is 12.5. The first kappa shape index (κ1) is 20.1. The highest BCUT2D eigenvalue weighted by atomic mass is 16.2. The lowest BCUT2D eigenvalue weighted by Gasteiger charge is -2.36. The Labute approximate surface area is 166 Å². The Kier molecular flexibility index (Phi) is 6.49. The summed E-state index contributed by atoms with van der Waals surface area (Å²) in [7, 11) is 0. The van der Waals surface area contributed by atoms with Gasteiger partial charge in [-0.3, -0.25) is 14.4 Å². The van der Waals surface area contributed by atoms with E-state index in [0.29, 0.717) is 31.0 Å². The maximum Gasteiger partial charge on any atom is 0.251 e. The highest BCUT2D eigenvalue weighted by Crippen LogP contribution is 2.28. The zero-order valence-corrected chi connectivity index (χ0v) is 16.4. The molecular weight excluding hydrogens is 354 g/mol. The first-order valence-corrected chi connectivity index (χ1v) is 10.2. The molecule has 0 aromatic heterocycles. The van der Waals surface area contributed by atoms with Crippen LogP contribution < -0.4 is 16.0 Å². The van der Waals surface area contributed by atoms with Crippen molar-refractivity contribution in [2.24, 2.45) is 0 Å². The van der Waals surface area contributed by atoms with E-state index in [0.717, 1.165) is 37.7 Å². The molecule has 0 aliphatic heterocycles. The van der Waals surface area contributed by atoms with Crippen LogP contribution in [0.15, 0.2) is 30.3 Å². The van der Waals surface area contributed by atoms with Crippen molar-refractivity contribution in [3.63, 3.8) is 0 Å². The van der Waals surface area contributed by atoms with Gasteiger partial charge in [0.2, 0.25) is 11.8 Å². The van der Waals surface area contributed by atoms with Crippen molar-refractivity contribution in [1.82, 2.24) is 16.0 Å². The molecule has 3 amide bonds. The summed E-state index contributed by atoms with van der Waals surface area (Å²) in [6.45, 7) is 2.43. The summed E-state index contributed by atoms with van der Waals surface area (Å²) >= 11 is 0. The lowest BCUT2D eigenvalue weighted by Crippen LogP contribution is -2.59. The smallest absolute Gasteiger partial charge is 0.251 e. The van der Waals surface area contributed by atoms with Crippen molar-refractivity contribution in [3.05, 3.63) is 41.5 Å². The molecule has 28 heavy (non-hydrogen) atoms.